The number of rotatable bonds is 8. The summed E-state index contributed by atoms with van der Waals surface area (Å²) in [5.74, 6) is -0.475. The van der Waals surface area contributed by atoms with Crippen molar-refractivity contribution in [3.8, 4) is 17.0 Å². The molecule has 39 heavy (non-hydrogen) atoms. The molecule has 0 spiro atoms. The molecule has 11 heteroatoms. The van der Waals surface area contributed by atoms with Gasteiger partial charge in [-0.25, -0.2) is 14.4 Å². The fourth-order valence-electron chi connectivity index (χ4n) is 4.79. The molecule has 3 aromatic rings. The number of ether oxygens (including phenoxy) is 2. The van der Waals surface area contributed by atoms with Crippen LogP contribution in [-0.4, -0.2) is 59.6 Å². The molecule has 5 rings (SSSR count). The Morgan fingerprint density at radius 3 is 2.82 bits per heavy atom. The van der Waals surface area contributed by atoms with Crippen LogP contribution in [0.25, 0.3) is 11.3 Å². The molecule has 0 bridgehead atoms. The van der Waals surface area contributed by atoms with Gasteiger partial charge >= 0.3 is 0 Å². The number of hydrogen-bond acceptors (Lipinski definition) is 7. The summed E-state index contributed by atoms with van der Waals surface area (Å²) >= 11 is 6.44. The summed E-state index contributed by atoms with van der Waals surface area (Å²) in [4.78, 5) is 36.4. The second-order valence-electron chi connectivity index (χ2n) is 9.64. The van der Waals surface area contributed by atoms with Crippen molar-refractivity contribution < 1.29 is 23.5 Å². The molecule has 0 radical (unpaired) electrons. The summed E-state index contributed by atoms with van der Waals surface area (Å²) in [6, 6.07) is 9.73. The van der Waals surface area contributed by atoms with Crippen LogP contribution in [0.15, 0.2) is 42.6 Å². The molecule has 1 saturated heterocycles. The Labute approximate surface area is 230 Å². The number of methoxy groups -OCH3 is 1. The first-order valence-corrected chi connectivity index (χ1v) is 13.1. The van der Waals surface area contributed by atoms with Gasteiger partial charge in [-0.1, -0.05) is 29.8 Å². The van der Waals surface area contributed by atoms with Gasteiger partial charge in [0.2, 0.25) is 11.9 Å². The molecular weight excluding hydrogens is 525 g/mol. The molecule has 1 fully saturated rings. The molecule has 2 N–H and O–H groups in total. The highest BCUT2D eigenvalue weighted by Gasteiger charge is 2.30. The molecule has 1 aromatic heterocycles. The van der Waals surface area contributed by atoms with Gasteiger partial charge in [0, 0.05) is 36.9 Å². The maximum Gasteiger partial charge on any atom is 0.254 e. The third-order valence-corrected chi connectivity index (χ3v) is 7.22. The van der Waals surface area contributed by atoms with E-state index in [-0.39, 0.29) is 30.2 Å². The number of nitrogens with zero attached hydrogens (tertiary/aromatic N) is 3. The highest BCUT2D eigenvalue weighted by Crippen LogP contribution is 2.32. The quantitative estimate of drug-likeness (QED) is 0.427. The van der Waals surface area contributed by atoms with Crippen molar-refractivity contribution in [2.45, 2.75) is 38.4 Å². The van der Waals surface area contributed by atoms with Gasteiger partial charge < -0.3 is 25.0 Å². The largest absolute Gasteiger partial charge is 0.494 e. The number of anilines is 1. The van der Waals surface area contributed by atoms with Crippen LogP contribution < -0.4 is 15.4 Å². The normalized spacial score (nSPS) is 16.1. The lowest BCUT2D eigenvalue weighted by molar-refractivity contribution is -0.122. The van der Waals surface area contributed by atoms with E-state index in [0.29, 0.717) is 53.1 Å². The average molecular weight is 554 g/mol. The second kappa shape index (κ2) is 11.5. The van der Waals surface area contributed by atoms with Crippen LogP contribution in [0, 0.1) is 5.82 Å². The number of benzene rings is 2. The number of amides is 2. The summed E-state index contributed by atoms with van der Waals surface area (Å²) in [5, 5.41) is 6.58. The maximum absolute atomic E-state index is 13.7. The SMILES string of the molecule is COc1cc(C(C)NC(=O)CN2Cc3ccc(-c4nc(NC5CCOCC5)ncc4Cl)cc3C2=O)ccc1F. The first kappa shape index (κ1) is 26.8. The van der Waals surface area contributed by atoms with Crippen molar-refractivity contribution in [2.24, 2.45) is 0 Å². The van der Waals surface area contributed by atoms with Crippen LogP contribution in [0.4, 0.5) is 10.3 Å². The Kier molecular flexibility index (Phi) is 7.94. The van der Waals surface area contributed by atoms with Crippen LogP contribution >= 0.6 is 11.6 Å². The molecule has 9 nitrogen and oxygen atoms in total. The van der Waals surface area contributed by atoms with Gasteiger partial charge in [0.15, 0.2) is 11.6 Å². The molecule has 3 heterocycles. The lowest BCUT2D eigenvalue weighted by atomic mass is 10.0. The minimum Gasteiger partial charge on any atom is -0.494 e. The first-order chi connectivity index (χ1) is 18.8. The van der Waals surface area contributed by atoms with E-state index < -0.39 is 11.9 Å². The van der Waals surface area contributed by atoms with Crippen molar-refractivity contribution in [3.05, 3.63) is 70.1 Å². The van der Waals surface area contributed by atoms with E-state index >= 15 is 0 Å². The zero-order chi connectivity index (χ0) is 27.5. The predicted molar refractivity (Wildman–Crippen MR) is 144 cm³/mol. The topological polar surface area (TPSA) is 106 Å². The van der Waals surface area contributed by atoms with E-state index in [9.17, 15) is 14.0 Å². The molecule has 2 aromatic carbocycles. The average Bonchev–Trinajstić information content (AvgIpc) is 3.24. The van der Waals surface area contributed by atoms with Crippen molar-refractivity contribution in [2.75, 3.05) is 32.2 Å². The van der Waals surface area contributed by atoms with Gasteiger partial charge in [-0.05, 0) is 49.1 Å². The lowest BCUT2D eigenvalue weighted by Gasteiger charge is -2.23. The molecule has 2 aliphatic rings. The molecule has 2 amide bonds. The Hall–Kier alpha value is -3.76. The van der Waals surface area contributed by atoms with Crippen molar-refractivity contribution in [3.63, 3.8) is 0 Å². The minimum atomic E-state index is -0.477. The van der Waals surface area contributed by atoms with E-state index in [1.165, 1.54) is 18.1 Å². The van der Waals surface area contributed by atoms with Gasteiger partial charge in [-0.15, -0.1) is 0 Å². The van der Waals surface area contributed by atoms with Crippen molar-refractivity contribution in [1.29, 1.82) is 0 Å². The van der Waals surface area contributed by atoms with Gasteiger partial charge in [0.25, 0.3) is 5.91 Å². The summed E-state index contributed by atoms with van der Waals surface area (Å²) in [7, 11) is 1.38. The predicted octanol–water partition coefficient (Wildman–Crippen LogP) is 4.37. The van der Waals surface area contributed by atoms with Crippen molar-refractivity contribution >= 4 is 29.4 Å². The molecular formula is C28H29ClFN5O4. The van der Waals surface area contributed by atoms with Crippen molar-refractivity contribution in [1.82, 2.24) is 20.2 Å². The Balaban J connectivity index is 1.26. The third kappa shape index (κ3) is 5.97. The number of carbonyl (C=O) groups excluding carboxylic acids is 2. The van der Waals surface area contributed by atoms with Crippen LogP contribution in [0.5, 0.6) is 5.75 Å². The summed E-state index contributed by atoms with van der Waals surface area (Å²) in [6.07, 6.45) is 3.29. The molecule has 204 valence electrons. The van der Waals surface area contributed by atoms with E-state index in [1.54, 1.807) is 31.3 Å². The number of halogens is 2. The number of carbonyl (C=O) groups is 2. The third-order valence-electron chi connectivity index (χ3n) is 6.95. The summed E-state index contributed by atoms with van der Waals surface area (Å²) < 4.78 is 24.2. The van der Waals surface area contributed by atoms with E-state index in [0.717, 1.165) is 18.4 Å². The monoisotopic (exact) mass is 553 g/mol. The molecule has 1 atom stereocenters. The molecule has 0 saturated carbocycles. The van der Waals surface area contributed by atoms with Crippen LogP contribution in [-0.2, 0) is 16.1 Å². The van der Waals surface area contributed by atoms with E-state index in [2.05, 4.69) is 20.6 Å². The molecule has 2 aliphatic heterocycles. The number of hydrogen-bond donors (Lipinski definition) is 2. The fraction of sp³-hybridized carbons (Fsp3) is 0.357. The number of fused-ring (bicyclic) bond motifs is 1. The summed E-state index contributed by atoms with van der Waals surface area (Å²) in [6.45, 7) is 3.38. The zero-order valence-corrected chi connectivity index (χ0v) is 22.4. The van der Waals surface area contributed by atoms with Crippen LogP contribution in [0.3, 0.4) is 0 Å². The molecule has 0 aliphatic carbocycles. The van der Waals surface area contributed by atoms with Gasteiger partial charge in [0.1, 0.15) is 6.54 Å². The zero-order valence-electron chi connectivity index (χ0n) is 21.7. The van der Waals surface area contributed by atoms with Gasteiger partial charge in [0.05, 0.1) is 30.1 Å². The van der Waals surface area contributed by atoms with E-state index in [1.807, 2.05) is 12.1 Å². The Bertz CT molecular complexity index is 1400. The van der Waals surface area contributed by atoms with Crippen LogP contribution in [0.1, 0.15) is 47.3 Å². The van der Waals surface area contributed by atoms with Gasteiger partial charge in [-0.3, -0.25) is 9.59 Å². The lowest BCUT2D eigenvalue weighted by Crippen LogP contribution is -2.38. The molecule has 1 unspecified atom stereocenters. The highest BCUT2D eigenvalue weighted by molar-refractivity contribution is 6.33. The highest BCUT2D eigenvalue weighted by atomic mass is 35.5. The minimum absolute atomic E-state index is 0.102. The van der Waals surface area contributed by atoms with Crippen LogP contribution in [0.2, 0.25) is 5.02 Å². The second-order valence-corrected chi connectivity index (χ2v) is 10.0. The Morgan fingerprint density at radius 1 is 1.26 bits per heavy atom. The fourth-order valence-corrected chi connectivity index (χ4v) is 4.99. The van der Waals surface area contributed by atoms with Gasteiger partial charge in [-0.2, -0.15) is 0 Å². The summed E-state index contributed by atoms with van der Waals surface area (Å²) in [5.41, 5.74) is 3.23. The number of aromatic nitrogens is 2. The maximum atomic E-state index is 13.7. The Morgan fingerprint density at radius 2 is 2.05 bits per heavy atom. The van der Waals surface area contributed by atoms with E-state index in [4.69, 9.17) is 21.1 Å². The number of nitrogens with one attached hydrogen (secondary N) is 2. The standard InChI is InChI=1S/C28H29ClFN5O4/c1-16(17-5-6-23(30)24(12-17)38-2)32-25(36)15-35-14-19-4-3-18(11-21(19)27(35)37)26-22(29)13-31-28(34-26)33-20-7-9-39-10-8-20/h3-6,11-13,16,20H,7-10,14-15H2,1-2H3,(H,32,36)(H,31,33,34). The first-order valence-electron chi connectivity index (χ1n) is 12.7. The smallest absolute Gasteiger partial charge is 0.254 e.